The predicted octanol–water partition coefficient (Wildman–Crippen LogP) is 2.26. The van der Waals surface area contributed by atoms with Gasteiger partial charge >= 0.3 is 5.51 Å². The smallest absolute Gasteiger partial charge is 0.271 e. The quantitative estimate of drug-likeness (QED) is 0.848. The van der Waals surface area contributed by atoms with Crippen molar-refractivity contribution in [3.8, 4) is 11.1 Å². The molecule has 0 aliphatic rings. The lowest BCUT2D eigenvalue weighted by molar-refractivity contribution is -0.0436. The highest BCUT2D eigenvalue weighted by Gasteiger charge is 2.46. The van der Waals surface area contributed by atoms with Crippen molar-refractivity contribution < 1.29 is 30.0 Å². The molecule has 0 aliphatic heterocycles. The van der Waals surface area contributed by atoms with Crippen molar-refractivity contribution in [1.29, 1.82) is 0 Å². The van der Waals surface area contributed by atoms with E-state index in [0.717, 1.165) is 12.1 Å². The zero-order chi connectivity index (χ0) is 18.2. The summed E-state index contributed by atoms with van der Waals surface area (Å²) in [5.74, 6) is 0. The predicted molar refractivity (Wildman–Crippen MR) is 81.8 cm³/mol. The number of nitrogens with two attached hydrogens (primary N) is 1. The Labute approximate surface area is 136 Å². The van der Waals surface area contributed by atoms with E-state index in [-0.39, 0.29) is 5.69 Å². The van der Waals surface area contributed by atoms with Crippen LogP contribution < -0.4 is 9.86 Å². The van der Waals surface area contributed by atoms with Crippen LogP contribution >= 0.6 is 0 Å². The summed E-state index contributed by atoms with van der Waals surface area (Å²) in [6, 6.07) is 9.96. The molecule has 2 aromatic carbocycles. The minimum Gasteiger partial charge on any atom is -0.271 e. The van der Waals surface area contributed by atoms with Crippen LogP contribution in [0.5, 0.6) is 0 Å². The number of halogens is 3. The van der Waals surface area contributed by atoms with Crippen LogP contribution in [0.25, 0.3) is 11.1 Å². The second-order valence-corrected chi connectivity index (χ2v) is 7.93. The Hall–Kier alpha value is -2.11. The van der Waals surface area contributed by atoms with Crippen LogP contribution in [0, 0.1) is 0 Å². The molecule has 0 radical (unpaired) electrons. The lowest BCUT2D eigenvalue weighted by Crippen LogP contribution is -2.23. The average molecular weight is 380 g/mol. The first-order chi connectivity index (χ1) is 10.9. The van der Waals surface area contributed by atoms with E-state index in [4.69, 9.17) is 5.14 Å². The van der Waals surface area contributed by atoms with Gasteiger partial charge in [0.2, 0.25) is 0 Å². The molecule has 3 N–H and O–H groups in total. The zero-order valence-corrected chi connectivity index (χ0v) is 13.4. The molecule has 0 saturated carbocycles. The Morgan fingerprint density at radius 1 is 0.792 bits per heavy atom. The van der Waals surface area contributed by atoms with Crippen molar-refractivity contribution in [2.75, 3.05) is 4.72 Å². The van der Waals surface area contributed by atoms with Crippen LogP contribution in [0.15, 0.2) is 53.4 Å². The number of nitrogens with one attached hydrogen (secondary N) is 1. The second-order valence-electron chi connectivity index (χ2n) is 4.70. The van der Waals surface area contributed by atoms with E-state index in [9.17, 15) is 30.0 Å². The molecule has 0 aromatic heterocycles. The fourth-order valence-electron chi connectivity index (χ4n) is 1.86. The van der Waals surface area contributed by atoms with Gasteiger partial charge in [-0.2, -0.15) is 21.6 Å². The Bertz CT molecular complexity index is 936. The highest BCUT2D eigenvalue weighted by atomic mass is 32.2. The molecule has 0 fully saturated rings. The molecule has 0 unspecified atom stereocenters. The van der Waals surface area contributed by atoms with Crippen LogP contribution in [0.4, 0.5) is 18.9 Å². The normalized spacial score (nSPS) is 12.8. The molecule has 0 spiro atoms. The molecule has 0 amide bonds. The lowest BCUT2D eigenvalue weighted by atomic mass is 10.1. The molecule has 0 bridgehead atoms. The van der Waals surface area contributed by atoms with Crippen molar-refractivity contribution >= 4 is 25.7 Å². The fourth-order valence-corrected chi connectivity index (χ4v) is 3.08. The van der Waals surface area contributed by atoms with Crippen LogP contribution in [-0.2, 0) is 20.0 Å². The summed E-state index contributed by atoms with van der Waals surface area (Å²) in [7, 11) is -9.31. The topological polar surface area (TPSA) is 106 Å². The summed E-state index contributed by atoms with van der Waals surface area (Å²) in [5, 5.41) is 4.82. The van der Waals surface area contributed by atoms with Gasteiger partial charge in [0.25, 0.3) is 20.0 Å². The van der Waals surface area contributed by atoms with Crippen molar-refractivity contribution in [3.63, 3.8) is 0 Å². The molecule has 0 aliphatic carbocycles. The van der Waals surface area contributed by atoms with E-state index in [0.29, 0.717) is 11.1 Å². The molecular weight excluding hydrogens is 369 g/mol. The van der Waals surface area contributed by atoms with Gasteiger partial charge < -0.3 is 0 Å². The Morgan fingerprint density at radius 2 is 1.21 bits per heavy atom. The molecule has 11 heteroatoms. The van der Waals surface area contributed by atoms with Gasteiger partial charge in [0, 0.05) is 5.69 Å². The molecule has 2 rings (SSSR count). The van der Waals surface area contributed by atoms with Gasteiger partial charge in [-0.15, -0.1) is 0 Å². The summed E-state index contributed by atoms with van der Waals surface area (Å²) < 4.78 is 83.8. The maximum absolute atomic E-state index is 12.5. The van der Waals surface area contributed by atoms with Gasteiger partial charge in [-0.25, -0.2) is 13.6 Å². The first-order valence-corrected chi connectivity index (χ1v) is 9.25. The van der Waals surface area contributed by atoms with E-state index in [1.54, 1.807) is 0 Å². The molecule has 2 aromatic rings. The molecule has 0 heterocycles. The molecule has 0 atom stereocenters. The van der Waals surface area contributed by atoms with Gasteiger partial charge in [0.15, 0.2) is 0 Å². The largest absolute Gasteiger partial charge is 0.501 e. The SMILES string of the molecule is NS(=O)(=O)Nc1ccc(-c2ccc(S(=O)(=O)C(F)(F)F)cc2)cc1. The Morgan fingerprint density at radius 3 is 1.58 bits per heavy atom. The minimum absolute atomic E-state index is 0.206. The summed E-state index contributed by atoms with van der Waals surface area (Å²) in [4.78, 5) is -0.855. The minimum atomic E-state index is -5.39. The average Bonchev–Trinajstić information content (AvgIpc) is 2.45. The van der Waals surface area contributed by atoms with Crippen molar-refractivity contribution in [2.45, 2.75) is 10.4 Å². The number of anilines is 1. The summed E-state index contributed by atoms with van der Waals surface area (Å²) >= 11 is 0. The van der Waals surface area contributed by atoms with Crippen LogP contribution in [0.1, 0.15) is 0 Å². The Balaban J connectivity index is 2.29. The maximum atomic E-state index is 12.5. The molecule has 0 saturated heterocycles. The van der Waals surface area contributed by atoms with E-state index in [1.807, 2.05) is 0 Å². The van der Waals surface area contributed by atoms with Gasteiger partial charge in [-0.3, -0.25) is 4.72 Å². The zero-order valence-electron chi connectivity index (χ0n) is 11.8. The van der Waals surface area contributed by atoms with Crippen molar-refractivity contribution in [1.82, 2.24) is 0 Å². The van der Waals surface area contributed by atoms with Crippen molar-refractivity contribution in [2.24, 2.45) is 5.14 Å². The van der Waals surface area contributed by atoms with Crippen LogP contribution in [0.2, 0.25) is 0 Å². The summed E-state index contributed by atoms with van der Waals surface area (Å²) in [6.07, 6.45) is 0. The number of hydrogen-bond acceptors (Lipinski definition) is 4. The third-order valence-electron chi connectivity index (χ3n) is 2.95. The van der Waals surface area contributed by atoms with E-state index in [2.05, 4.69) is 4.72 Å². The van der Waals surface area contributed by atoms with E-state index >= 15 is 0 Å². The first-order valence-electron chi connectivity index (χ1n) is 6.22. The molecular formula is C13H11F3N2O4S2. The van der Waals surface area contributed by atoms with E-state index in [1.165, 1.54) is 36.4 Å². The molecule has 24 heavy (non-hydrogen) atoms. The highest BCUT2D eigenvalue weighted by molar-refractivity contribution is 7.92. The van der Waals surface area contributed by atoms with Crippen molar-refractivity contribution in [3.05, 3.63) is 48.5 Å². The van der Waals surface area contributed by atoms with Gasteiger partial charge in [-0.05, 0) is 35.4 Å². The van der Waals surface area contributed by atoms with Crippen LogP contribution in [0.3, 0.4) is 0 Å². The third-order valence-corrected chi connectivity index (χ3v) is 4.97. The highest BCUT2D eigenvalue weighted by Crippen LogP contribution is 2.31. The van der Waals surface area contributed by atoms with Gasteiger partial charge in [-0.1, -0.05) is 24.3 Å². The number of sulfone groups is 1. The maximum Gasteiger partial charge on any atom is 0.501 e. The van der Waals surface area contributed by atoms with Gasteiger partial charge in [0.05, 0.1) is 4.90 Å². The molecule has 130 valence electrons. The first kappa shape index (κ1) is 18.2. The standard InChI is InChI=1S/C13H11F3N2O4S2/c14-13(15,16)23(19,20)12-7-3-10(4-8-12)9-1-5-11(6-2-9)18-24(17,21)22/h1-8,18H,(H2,17,21,22). The summed E-state index contributed by atoms with van der Waals surface area (Å²) in [6.45, 7) is 0. The lowest BCUT2D eigenvalue weighted by Gasteiger charge is -2.09. The Kier molecular flexibility index (Phi) is 4.61. The second kappa shape index (κ2) is 6.07. The number of rotatable bonds is 4. The molecule has 6 nitrogen and oxygen atoms in total. The fraction of sp³-hybridized carbons (Fsp3) is 0.0769. The number of hydrogen-bond donors (Lipinski definition) is 2. The van der Waals surface area contributed by atoms with Gasteiger partial charge in [0.1, 0.15) is 0 Å². The van der Waals surface area contributed by atoms with E-state index < -0.39 is 30.5 Å². The number of benzene rings is 2. The third kappa shape index (κ3) is 4.04. The van der Waals surface area contributed by atoms with Crippen LogP contribution in [-0.4, -0.2) is 22.3 Å². The summed E-state index contributed by atoms with van der Waals surface area (Å²) in [5.41, 5.74) is -4.16. The monoisotopic (exact) mass is 380 g/mol. The number of alkyl halides is 3.